The molecule has 0 amide bonds. The Labute approximate surface area is 148 Å². The second kappa shape index (κ2) is 7.45. The normalized spacial score (nSPS) is 16.7. The number of thioether (sulfide) groups is 1. The number of aromatic amines is 1. The summed E-state index contributed by atoms with van der Waals surface area (Å²) in [6, 6.07) is 19.4. The molecule has 1 N–H and O–H groups in total. The van der Waals surface area contributed by atoms with Gasteiger partial charge in [0, 0.05) is 34.3 Å². The van der Waals surface area contributed by atoms with E-state index in [-0.39, 0.29) is 0 Å². The predicted octanol–water partition coefficient (Wildman–Crippen LogP) is 5.14. The lowest BCUT2D eigenvalue weighted by Crippen LogP contribution is -2.34. The fourth-order valence-electron chi connectivity index (χ4n) is 3.71. The number of hydrogen-bond donors (Lipinski definition) is 1. The van der Waals surface area contributed by atoms with E-state index in [1.807, 2.05) is 11.8 Å². The highest BCUT2D eigenvalue weighted by atomic mass is 32.2. The second-order valence-electron chi connectivity index (χ2n) is 6.57. The summed E-state index contributed by atoms with van der Waals surface area (Å²) in [6.07, 6.45) is 4.78. The molecule has 1 aliphatic rings. The SMILES string of the molecule is c1ccc(SCCN2CCC(c3c[nH]c4ccccc34)CC2)cc1. The van der Waals surface area contributed by atoms with Gasteiger partial charge in [0.05, 0.1) is 0 Å². The minimum atomic E-state index is 0.708. The first kappa shape index (κ1) is 15.8. The average Bonchev–Trinajstić information content (AvgIpc) is 3.07. The molecule has 0 radical (unpaired) electrons. The van der Waals surface area contributed by atoms with Crippen LogP contribution in [0.15, 0.2) is 65.7 Å². The van der Waals surface area contributed by atoms with Crippen LogP contribution in [0.1, 0.15) is 24.3 Å². The van der Waals surface area contributed by atoms with E-state index in [9.17, 15) is 0 Å². The third-order valence-corrected chi connectivity index (χ3v) is 6.06. The molecule has 2 aromatic carbocycles. The van der Waals surface area contributed by atoms with Crippen molar-refractivity contribution in [1.29, 1.82) is 0 Å². The van der Waals surface area contributed by atoms with E-state index < -0.39 is 0 Å². The highest BCUT2D eigenvalue weighted by molar-refractivity contribution is 7.99. The maximum atomic E-state index is 3.43. The van der Waals surface area contributed by atoms with E-state index in [1.54, 1.807) is 0 Å². The summed E-state index contributed by atoms with van der Waals surface area (Å²) in [5.41, 5.74) is 2.79. The minimum absolute atomic E-state index is 0.708. The Kier molecular flexibility index (Phi) is 4.91. The number of H-pyrrole nitrogens is 1. The van der Waals surface area contributed by atoms with Crippen molar-refractivity contribution in [3.05, 3.63) is 66.4 Å². The molecule has 0 saturated carbocycles. The third kappa shape index (κ3) is 3.52. The van der Waals surface area contributed by atoms with E-state index in [4.69, 9.17) is 0 Å². The maximum absolute atomic E-state index is 3.43. The summed E-state index contributed by atoms with van der Waals surface area (Å²) >= 11 is 1.97. The second-order valence-corrected chi connectivity index (χ2v) is 7.74. The molecule has 4 rings (SSSR count). The summed E-state index contributed by atoms with van der Waals surface area (Å²) in [7, 11) is 0. The van der Waals surface area contributed by atoms with Crippen LogP contribution in [0.25, 0.3) is 10.9 Å². The largest absolute Gasteiger partial charge is 0.361 e. The topological polar surface area (TPSA) is 19.0 Å². The lowest BCUT2D eigenvalue weighted by molar-refractivity contribution is 0.224. The Morgan fingerprint density at radius 1 is 0.958 bits per heavy atom. The van der Waals surface area contributed by atoms with Crippen molar-refractivity contribution in [3.8, 4) is 0 Å². The molecule has 0 atom stereocenters. The van der Waals surface area contributed by atoms with Crippen LogP contribution in [0.4, 0.5) is 0 Å². The van der Waals surface area contributed by atoms with Crippen LogP contribution >= 0.6 is 11.8 Å². The molecule has 0 aliphatic carbocycles. The molecule has 0 bridgehead atoms. The molecule has 2 nitrogen and oxygen atoms in total. The Morgan fingerprint density at radius 2 is 1.71 bits per heavy atom. The molecule has 24 heavy (non-hydrogen) atoms. The Morgan fingerprint density at radius 3 is 2.54 bits per heavy atom. The number of nitrogens with zero attached hydrogens (tertiary/aromatic N) is 1. The van der Waals surface area contributed by atoms with Gasteiger partial charge in [0.15, 0.2) is 0 Å². The van der Waals surface area contributed by atoms with Crippen molar-refractivity contribution in [3.63, 3.8) is 0 Å². The van der Waals surface area contributed by atoms with Crippen LogP contribution in [0.2, 0.25) is 0 Å². The van der Waals surface area contributed by atoms with Crippen molar-refractivity contribution in [2.75, 3.05) is 25.4 Å². The summed E-state index contributed by atoms with van der Waals surface area (Å²) in [4.78, 5) is 7.44. The number of hydrogen-bond acceptors (Lipinski definition) is 2. The van der Waals surface area contributed by atoms with E-state index in [1.165, 1.54) is 59.6 Å². The standard InChI is InChI=1S/C21H24N2S/c1-2-6-18(7-3-1)24-15-14-23-12-10-17(11-13-23)20-16-22-21-9-5-4-8-19(20)21/h1-9,16-17,22H,10-15H2. The molecule has 0 spiro atoms. The first-order chi connectivity index (χ1) is 11.9. The van der Waals surface area contributed by atoms with Crippen LogP contribution in [0.3, 0.4) is 0 Å². The zero-order chi connectivity index (χ0) is 16.2. The van der Waals surface area contributed by atoms with E-state index in [2.05, 4.69) is 70.7 Å². The highest BCUT2D eigenvalue weighted by Gasteiger charge is 2.22. The van der Waals surface area contributed by atoms with E-state index in [0.717, 1.165) is 0 Å². The van der Waals surface area contributed by atoms with Gasteiger partial charge in [0.2, 0.25) is 0 Å². The van der Waals surface area contributed by atoms with E-state index >= 15 is 0 Å². The summed E-state index contributed by atoms with van der Waals surface area (Å²) in [6.45, 7) is 3.64. The number of benzene rings is 2. The fourth-order valence-corrected chi connectivity index (χ4v) is 4.64. The van der Waals surface area contributed by atoms with Gasteiger partial charge in [-0.15, -0.1) is 11.8 Å². The number of fused-ring (bicyclic) bond motifs is 1. The van der Waals surface area contributed by atoms with Crippen molar-refractivity contribution >= 4 is 22.7 Å². The van der Waals surface area contributed by atoms with E-state index in [0.29, 0.717) is 5.92 Å². The highest BCUT2D eigenvalue weighted by Crippen LogP contribution is 2.33. The average molecular weight is 337 g/mol. The quantitative estimate of drug-likeness (QED) is 0.651. The van der Waals surface area contributed by atoms with Gasteiger partial charge in [-0.3, -0.25) is 0 Å². The first-order valence-electron chi connectivity index (χ1n) is 8.86. The van der Waals surface area contributed by atoms with Crippen molar-refractivity contribution in [2.45, 2.75) is 23.7 Å². The minimum Gasteiger partial charge on any atom is -0.361 e. The van der Waals surface area contributed by atoms with Gasteiger partial charge in [-0.1, -0.05) is 36.4 Å². The number of para-hydroxylation sites is 1. The van der Waals surface area contributed by atoms with Crippen LogP contribution in [-0.4, -0.2) is 35.3 Å². The van der Waals surface area contributed by atoms with Crippen LogP contribution in [-0.2, 0) is 0 Å². The lowest BCUT2D eigenvalue weighted by Gasteiger charge is -2.31. The Balaban J connectivity index is 1.29. The van der Waals surface area contributed by atoms with Gasteiger partial charge in [0.1, 0.15) is 0 Å². The van der Waals surface area contributed by atoms with Gasteiger partial charge in [0.25, 0.3) is 0 Å². The van der Waals surface area contributed by atoms with Gasteiger partial charge < -0.3 is 9.88 Å². The zero-order valence-electron chi connectivity index (χ0n) is 13.9. The molecular formula is C21H24N2S. The van der Waals surface area contributed by atoms with Crippen LogP contribution < -0.4 is 0 Å². The Bertz CT molecular complexity index is 773. The molecule has 3 aromatic rings. The number of aromatic nitrogens is 1. The molecule has 1 aromatic heterocycles. The zero-order valence-corrected chi connectivity index (χ0v) is 14.8. The van der Waals surface area contributed by atoms with Crippen molar-refractivity contribution < 1.29 is 0 Å². The molecule has 1 saturated heterocycles. The smallest absolute Gasteiger partial charge is 0.0456 e. The lowest BCUT2D eigenvalue weighted by atomic mass is 9.89. The van der Waals surface area contributed by atoms with Crippen LogP contribution in [0, 0.1) is 0 Å². The molecule has 1 fully saturated rings. The molecule has 2 heterocycles. The van der Waals surface area contributed by atoms with Gasteiger partial charge >= 0.3 is 0 Å². The van der Waals surface area contributed by atoms with Crippen LogP contribution in [0.5, 0.6) is 0 Å². The summed E-state index contributed by atoms with van der Waals surface area (Å²) < 4.78 is 0. The monoisotopic (exact) mass is 336 g/mol. The Hall–Kier alpha value is -1.71. The fraction of sp³-hybridized carbons (Fsp3) is 0.333. The number of rotatable bonds is 5. The molecule has 0 unspecified atom stereocenters. The molecule has 124 valence electrons. The first-order valence-corrected chi connectivity index (χ1v) is 9.85. The number of nitrogens with one attached hydrogen (secondary N) is 1. The van der Waals surface area contributed by atoms with Gasteiger partial charge in [-0.05, 0) is 55.6 Å². The maximum Gasteiger partial charge on any atom is 0.0456 e. The molecule has 3 heteroatoms. The molecular weight excluding hydrogens is 312 g/mol. The summed E-state index contributed by atoms with van der Waals surface area (Å²) in [5, 5.41) is 1.41. The van der Waals surface area contributed by atoms with Crippen molar-refractivity contribution in [2.24, 2.45) is 0 Å². The summed E-state index contributed by atoms with van der Waals surface area (Å²) in [5.74, 6) is 1.89. The number of likely N-dealkylation sites (tertiary alicyclic amines) is 1. The molecule has 1 aliphatic heterocycles. The van der Waals surface area contributed by atoms with Crippen molar-refractivity contribution in [1.82, 2.24) is 9.88 Å². The number of piperidine rings is 1. The third-order valence-electron chi connectivity index (χ3n) is 5.07. The predicted molar refractivity (Wildman–Crippen MR) is 104 cm³/mol. The van der Waals surface area contributed by atoms with Gasteiger partial charge in [-0.2, -0.15) is 0 Å². The van der Waals surface area contributed by atoms with Gasteiger partial charge in [-0.25, -0.2) is 0 Å².